The number of amides is 1. The lowest BCUT2D eigenvalue weighted by Crippen LogP contribution is -2.53. The monoisotopic (exact) mass is 498 g/mol. The van der Waals surface area contributed by atoms with Crippen LogP contribution in [0.5, 0.6) is 5.75 Å². The maximum absolute atomic E-state index is 13.5. The van der Waals surface area contributed by atoms with Crippen LogP contribution in [0, 0.1) is 23.2 Å². The predicted octanol–water partition coefficient (Wildman–Crippen LogP) is 4.15. The number of ether oxygens (including phenoxy) is 2. The summed E-state index contributed by atoms with van der Waals surface area (Å²) in [7, 11) is 1.63. The van der Waals surface area contributed by atoms with Crippen molar-refractivity contribution in [2.24, 2.45) is 23.2 Å². The van der Waals surface area contributed by atoms with Crippen LogP contribution >= 0.6 is 11.8 Å². The average Bonchev–Trinajstić information content (AvgIpc) is 3.24. The van der Waals surface area contributed by atoms with Crippen LogP contribution in [0.2, 0.25) is 0 Å². The maximum atomic E-state index is 13.5. The van der Waals surface area contributed by atoms with Crippen LogP contribution in [-0.2, 0) is 20.9 Å². The number of aromatic nitrogens is 3. The Kier molecular flexibility index (Phi) is 6.79. The smallest absolute Gasteiger partial charge is 0.319 e. The molecule has 35 heavy (non-hydrogen) atoms. The molecule has 1 atom stereocenters. The second-order valence-electron chi connectivity index (χ2n) is 10.3. The molecule has 1 heterocycles. The van der Waals surface area contributed by atoms with Crippen molar-refractivity contribution in [2.45, 2.75) is 69.3 Å². The van der Waals surface area contributed by atoms with Crippen LogP contribution in [0.15, 0.2) is 29.4 Å². The third-order valence-electron chi connectivity index (χ3n) is 7.86. The topological polar surface area (TPSA) is 95.3 Å². The van der Waals surface area contributed by atoms with Crippen LogP contribution in [0.25, 0.3) is 5.69 Å². The summed E-state index contributed by atoms with van der Waals surface area (Å²) in [6.07, 6.45) is 6.98. The Labute approximate surface area is 210 Å². The van der Waals surface area contributed by atoms with Crippen molar-refractivity contribution in [3.05, 3.63) is 30.1 Å². The van der Waals surface area contributed by atoms with Gasteiger partial charge in [0.25, 0.3) is 0 Å². The summed E-state index contributed by atoms with van der Waals surface area (Å²) < 4.78 is 12.4. The second kappa shape index (κ2) is 9.84. The van der Waals surface area contributed by atoms with Gasteiger partial charge < -0.3 is 14.8 Å². The first-order chi connectivity index (χ1) is 16.9. The molecule has 0 unspecified atom stereocenters. The van der Waals surface area contributed by atoms with Crippen LogP contribution < -0.4 is 10.1 Å². The van der Waals surface area contributed by atoms with Gasteiger partial charge in [-0.3, -0.25) is 14.2 Å². The molecule has 1 aromatic heterocycles. The quantitative estimate of drug-likeness (QED) is 0.410. The predicted molar refractivity (Wildman–Crippen MR) is 132 cm³/mol. The zero-order valence-corrected chi connectivity index (χ0v) is 21.5. The standard InChI is InChI=1S/C26H34N4O4S/c1-4-34-23(31)16(2)35-25-29-28-22(30(25)20-5-7-21(33-3)8-6-20)15-27-24(32)26-12-17-9-18(13-26)11-19(10-17)14-26/h5-8,16-19H,4,9-15H2,1-3H3,(H,27,32)/t16-,17?,18?,19?,26?/m0/s1. The minimum absolute atomic E-state index is 0.162. The number of rotatable bonds is 9. The van der Waals surface area contributed by atoms with Gasteiger partial charge in [-0.1, -0.05) is 11.8 Å². The minimum Gasteiger partial charge on any atom is -0.497 e. The molecule has 4 fully saturated rings. The Hall–Kier alpha value is -2.55. The number of hydrogen-bond acceptors (Lipinski definition) is 7. The summed E-state index contributed by atoms with van der Waals surface area (Å²) in [5.41, 5.74) is 0.629. The van der Waals surface area contributed by atoms with Gasteiger partial charge in [0.1, 0.15) is 11.0 Å². The molecule has 4 saturated carbocycles. The lowest BCUT2D eigenvalue weighted by Gasteiger charge is -2.55. The highest BCUT2D eigenvalue weighted by Crippen LogP contribution is 2.60. The lowest BCUT2D eigenvalue weighted by molar-refractivity contribution is -0.146. The normalized spacial score (nSPS) is 27.5. The molecule has 8 nitrogen and oxygen atoms in total. The fraction of sp³-hybridized carbons (Fsp3) is 0.615. The Morgan fingerprint density at radius 2 is 1.74 bits per heavy atom. The first kappa shape index (κ1) is 24.2. The van der Waals surface area contributed by atoms with E-state index < -0.39 is 5.25 Å². The highest BCUT2D eigenvalue weighted by Gasteiger charge is 2.54. The molecular formula is C26H34N4O4S. The maximum Gasteiger partial charge on any atom is 0.319 e. The number of esters is 1. The number of hydrogen-bond donors (Lipinski definition) is 1. The van der Waals surface area contributed by atoms with E-state index in [-0.39, 0.29) is 23.8 Å². The van der Waals surface area contributed by atoms with E-state index in [0.717, 1.165) is 30.7 Å². The lowest BCUT2D eigenvalue weighted by atomic mass is 9.49. The number of carbonyl (C=O) groups excluding carboxylic acids is 2. The van der Waals surface area contributed by atoms with Gasteiger partial charge in [0.05, 0.1) is 20.3 Å². The van der Waals surface area contributed by atoms with Crippen molar-refractivity contribution in [3.63, 3.8) is 0 Å². The molecule has 188 valence electrons. The first-order valence-electron chi connectivity index (χ1n) is 12.6. The van der Waals surface area contributed by atoms with Crippen LogP contribution in [0.1, 0.15) is 58.2 Å². The van der Waals surface area contributed by atoms with Gasteiger partial charge in [-0.2, -0.15) is 0 Å². The molecule has 0 radical (unpaired) electrons. The van der Waals surface area contributed by atoms with E-state index in [2.05, 4.69) is 15.5 Å². The van der Waals surface area contributed by atoms with E-state index in [1.165, 1.54) is 31.0 Å². The summed E-state index contributed by atoms with van der Waals surface area (Å²) in [6.45, 7) is 4.20. The van der Waals surface area contributed by atoms with Gasteiger partial charge in [-0.05, 0) is 94.4 Å². The van der Waals surface area contributed by atoms with E-state index in [0.29, 0.717) is 35.3 Å². The average molecular weight is 499 g/mol. The van der Waals surface area contributed by atoms with E-state index >= 15 is 0 Å². The van der Waals surface area contributed by atoms with Gasteiger partial charge in [-0.15, -0.1) is 10.2 Å². The Balaban J connectivity index is 1.36. The van der Waals surface area contributed by atoms with E-state index in [1.54, 1.807) is 21.0 Å². The molecule has 4 aliphatic rings. The van der Waals surface area contributed by atoms with Crippen molar-refractivity contribution >= 4 is 23.6 Å². The summed E-state index contributed by atoms with van der Waals surface area (Å²) in [5, 5.41) is 12.1. The number of nitrogens with zero attached hydrogens (tertiary/aromatic N) is 3. The van der Waals surface area contributed by atoms with Gasteiger partial charge in [0.15, 0.2) is 11.0 Å². The van der Waals surface area contributed by atoms with Gasteiger partial charge >= 0.3 is 5.97 Å². The van der Waals surface area contributed by atoms with Gasteiger partial charge in [0, 0.05) is 11.1 Å². The molecular weight excluding hydrogens is 464 g/mol. The third-order valence-corrected chi connectivity index (χ3v) is 8.88. The molecule has 4 aliphatic carbocycles. The molecule has 1 aromatic carbocycles. The van der Waals surface area contributed by atoms with Crippen molar-refractivity contribution in [1.82, 2.24) is 20.1 Å². The molecule has 6 rings (SSSR count). The molecule has 1 N–H and O–H groups in total. The van der Waals surface area contributed by atoms with Crippen molar-refractivity contribution in [3.8, 4) is 11.4 Å². The largest absolute Gasteiger partial charge is 0.497 e. The third kappa shape index (κ3) is 4.79. The molecule has 0 aliphatic heterocycles. The summed E-state index contributed by atoms with van der Waals surface area (Å²) in [4.78, 5) is 25.7. The zero-order chi connectivity index (χ0) is 24.6. The first-order valence-corrected chi connectivity index (χ1v) is 13.5. The van der Waals surface area contributed by atoms with Crippen LogP contribution in [0.3, 0.4) is 0 Å². The van der Waals surface area contributed by atoms with Crippen molar-refractivity contribution in [2.75, 3.05) is 13.7 Å². The number of nitrogens with one attached hydrogen (secondary N) is 1. The number of carbonyl (C=O) groups is 2. The molecule has 0 spiro atoms. The van der Waals surface area contributed by atoms with Gasteiger partial charge in [-0.25, -0.2) is 0 Å². The summed E-state index contributed by atoms with van der Waals surface area (Å²) in [6, 6.07) is 7.59. The minimum atomic E-state index is -0.439. The second-order valence-corrected chi connectivity index (χ2v) is 11.6. The highest BCUT2D eigenvalue weighted by molar-refractivity contribution is 8.00. The molecule has 0 saturated heterocycles. The van der Waals surface area contributed by atoms with Crippen molar-refractivity contribution < 1.29 is 19.1 Å². The summed E-state index contributed by atoms with van der Waals surface area (Å²) in [5.74, 6) is 3.37. The summed E-state index contributed by atoms with van der Waals surface area (Å²) >= 11 is 1.30. The molecule has 2 aromatic rings. The highest BCUT2D eigenvalue weighted by atomic mass is 32.2. The van der Waals surface area contributed by atoms with E-state index in [4.69, 9.17) is 9.47 Å². The van der Waals surface area contributed by atoms with Gasteiger partial charge in [0.2, 0.25) is 5.91 Å². The van der Waals surface area contributed by atoms with E-state index in [1.807, 2.05) is 28.8 Å². The fourth-order valence-electron chi connectivity index (χ4n) is 6.68. The Morgan fingerprint density at radius 3 is 2.31 bits per heavy atom. The molecule has 1 amide bonds. The van der Waals surface area contributed by atoms with E-state index in [9.17, 15) is 9.59 Å². The molecule has 4 bridgehead atoms. The SMILES string of the molecule is CCOC(=O)[C@H](C)Sc1nnc(CNC(=O)C23CC4CC(CC(C4)C2)C3)n1-c1ccc(OC)cc1. The molecule has 9 heteroatoms. The van der Waals surface area contributed by atoms with Crippen molar-refractivity contribution in [1.29, 1.82) is 0 Å². The van der Waals surface area contributed by atoms with Crippen LogP contribution in [-0.4, -0.2) is 45.6 Å². The zero-order valence-electron chi connectivity index (χ0n) is 20.7. The Bertz CT molecular complexity index is 1050. The fourth-order valence-corrected chi connectivity index (χ4v) is 7.57. The number of thioether (sulfide) groups is 1. The number of benzene rings is 1. The van der Waals surface area contributed by atoms with Crippen LogP contribution in [0.4, 0.5) is 0 Å². The number of methoxy groups -OCH3 is 1. The Morgan fingerprint density at radius 1 is 1.11 bits per heavy atom.